The van der Waals surface area contributed by atoms with E-state index in [4.69, 9.17) is 0 Å². The molecular formula is C13H23NO. The summed E-state index contributed by atoms with van der Waals surface area (Å²) in [6.07, 6.45) is 9.33. The maximum Gasteiger partial charge on any atom is 0.0611 e. The van der Waals surface area contributed by atoms with E-state index < -0.39 is 0 Å². The van der Waals surface area contributed by atoms with Gasteiger partial charge in [-0.1, -0.05) is 6.42 Å². The summed E-state index contributed by atoms with van der Waals surface area (Å²) in [5.41, 5.74) is 0. The summed E-state index contributed by atoms with van der Waals surface area (Å²) in [4.78, 5) is 2.66. The quantitative estimate of drug-likeness (QED) is 0.714. The molecule has 0 radical (unpaired) electrons. The summed E-state index contributed by atoms with van der Waals surface area (Å²) in [6.45, 7) is 2.58. The van der Waals surface area contributed by atoms with Crippen molar-refractivity contribution in [2.45, 2.75) is 57.1 Å². The summed E-state index contributed by atoms with van der Waals surface area (Å²) in [6, 6.07) is 0.721. The summed E-state index contributed by atoms with van der Waals surface area (Å²) >= 11 is 0. The maximum atomic E-state index is 10.3. The predicted molar refractivity (Wildman–Crippen MR) is 60.7 cm³/mol. The van der Waals surface area contributed by atoms with E-state index in [-0.39, 0.29) is 6.10 Å². The molecule has 0 spiro atoms. The van der Waals surface area contributed by atoms with E-state index in [0.29, 0.717) is 11.8 Å². The monoisotopic (exact) mass is 209 g/mol. The zero-order valence-electron chi connectivity index (χ0n) is 9.57. The van der Waals surface area contributed by atoms with Gasteiger partial charge in [-0.05, 0) is 57.5 Å². The molecule has 2 aliphatic carbocycles. The Kier molecular flexibility index (Phi) is 2.73. The molecule has 0 aromatic rings. The van der Waals surface area contributed by atoms with Gasteiger partial charge < -0.3 is 10.0 Å². The van der Waals surface area contributed by atoms with Gasteiger partial charge in [-0.25, -0.2) is 0 Å². The molecule has 0 aromatic carbocycles. The second-order valence-electron chi connectivity index (χ2n) is 5.73. The normalized spacial score (nSPS) is 47.0. The van der Waals surface area contributed by atoms with Gasteiger partial charge in [0.15, 0.2) is 0 Å². The van der Waals surface area contributed by atoms with Crippen molar-refractivity contribution < 1.29 is 5.11 Å². The van der Waals surface area contributed by atoms with Crippen LogP contribution in [0.1, 0.15) is 44.9 Å². The number of likely N-dealkylation sites (tertiary alicyclic amines) is 1. The first-order chi connectivity index (χ1) is 7.36. The number of aliphatic hydroxyl groups is 1. The van der Waals surface area contributed by atoms with Crippen LogP contribution in [0.4, 0.5) is 0 Å². The molecule has 2 nitrogen and oxygen atoms in total. The van der Waals surface area contributed by atoms with Crippen LogP contribution in [0, 0.1) is 11.8 Å². The molecule has 2 bridgehead atoms. The molecule has 1 aliphatic heterocycles. The van der Waals surface area contributed by atoms with E-state index in [1.807, 2.05) is 0 Å². The molecule has 1 saturated heterocycles. The number of hydrogen-bond acceptors (Lipinski definition) is 2. The van der Waals surface area contributed by atoms with E-state index >= 15 is 0 Å². The van der Waals surface area contributed by atoms with E-state index in [1.54, 1.807) is 0 Å². The van der Waals surface area contributed by atoms with E-state index in [0.717, 1.165) is 6.04 Å². The molecule has 0 aromatic heterocycles. The number of aliphatic hydroxyl groups excluding tert-OH is 1. The summed E-state index contributed by atoms with van der Waals surface area (Å²) < 4.78 is 0. The molecule has 4 atom stereocenters. The van der Waals surface area contributed by atoms with Crippen LogP contribution in [0.2, 0.25) is 0 Å². The van der Waals surface area contributed by atoms with Crippen LogP contribution in [0.3, 0.4) is 0 Å². The molecule has 3 fully saturated rings. The van der Waals surface area contributed by atoms with Crippen molar-refractivity contribution in [3.05, 3.63) is 0 Å². The third kappa shape index (κ3) is 1.72. The van der Waals surface area contributed by atoms with Crippen LogP contribution in [-0.2, 0) is 0 Å². The Balaban J connectivity index is 1.73. The molecule has 3 aliphatic rings. The molecule has 86 valence electrons. The second-order valence-corrected chi connectivity index (χ2v) is 5.73. The second kappa shape index (κ2) is 4.06. The van der Waals surface area contributed by atoms with Gasteiger partial charge in [0.2, 0.25) is 0 Å². The van der Waals surface area contributed by atoms with Crippen molar-refractivity contribution in [2.75, 3.05) is 13.1 Å². The lowest BCUT2D eigenvalue weighted by Crippen LogP contribution is -2.51. The fourth-order valence-electron chi connectivity index (χ4n) is 4.17. The SMILES string of the molecule is O[C@H]1[C@H]2CCC[C@H]1[C@H](N1CCCC1)CC2. The summed E-state index contributed by atoms with van der Waals surface area (Å²) in [7, 11) is 0. The molecule has 0 amide bonds. The zero-order valence-corrected chi connectivity index (χ0v) is 9.57. The van der Waals surface area contributed by atoms with Crippen LogP contribution >= 0.6 is 0 Å². The highest BCUT2D eigenvalue weighted by atomic mass is 16.3. The van der Waals surface area contributed by atoms with E-state index in [9.17, 15) is 5.11 Å². The first-order valence-corrected chi connectivity index (χ1v) is 6.78. The lowest BCUT2D eigenvalue weighted by molar-refractivity contribution is -0.0580. The standard InChI is InChI=1S/C13H23NO/c15-13-10-4-3-5-11(13)12(7-6-10)14-8-1-2-9-14/h10-13,15H,1-9H2/t10-,11-,12+,13-/m0/s1. The van der Waals surface area contributed by atoms with E-state index in [2.05, 4.69) is 4.90 Å². The highest BCUT2D eigenvalue weighted by Gasteiger charge is 2.43. The lowest BCUT2D eigenvalue weighted by atomic mass is 9.67. The Hall–Kier alpha value is -0.0800. The Morgan fingerprint density at radius 1 is 0.867 bits per heavy atom. The van der Waals surface area contributed by atoms with Crippen molar-refractivity contribution in [2.24, 2.45) is 11.8 Å². The summed E-state index contributed by atoms with van der Waals surface area (Å²) in [5.74, 6) is 1.25. The Labute approximate surface area is 92.7 Å². The van der Waals surface area contributed by atoms with Crippen molar-refractivity contribution in [3.63, 3.8) is 0 Å². The van der Waals surface area contributed by atoms with E-state index in [1.165, 1.54) is 58.0 Å². The minimum Gasteiger partial charge on any atom is -0.392 e. The largest absolute Gasteiger partial charge is 0.392 e. The van der Waals surface area contributed by atoms with Crippen LogP contribution in [-0.4, -0.2) is 35.2 Å². The van der Waals surface area contributed by atoms with Gasteiger partial charge in [-0.3, -0.25) is 0 Å². The Bertz CT molecular complexity index is 225. The fraction of sp³-hybridized carbons (Fsp3) is 1.00. The minimum atomic E-state index is 0.0260. The van der Waals surface area contributed by atoms with Crippen LogP contribution in [0.15, 0.2) is 0 Å². The number of fused-ring (bicyclic) bond motifs is 2. The smallest absolute Gasteiger partial charge is 0.0611 e. The third-order valence-corrected chi connectivity index (χ3v) is 4.97. The highest BCUT2D eigenvalue weighted by molar-refractivity contribution is 4.96. The number of rotatable bonds is 1. The average molecular weight is 209 g/mol. The van der Waals surface area contributed by atoms with Gasteiger partial charge >= 0.3 is 0 Å². The predicted octanol–water partition coefficient (Wildman–Crippen LogP) is 2.02. The van der Waals surface area contributed by atoms with Crippen LogP contribution in [0.5, 0.6) is 0 Å². The zero-order chi connectivity index (χ0) is 10.3. The van der Waals surface area contributed by atoms with Crippen molar-refractivity contribution in [1.82, 2.24) is 4.90 Å². The van der Waals surface area contributed by atoms with Crippen molar-refractivity contribution >= 4 is 0 Å². The summed E-state index contributed by atoms with van der Waals surface area (Å²) in [5, 5.41) is 10.3. The fourth-order valence-corrected chi connectivity index (χ4v) is 4.17. The van der Waals surface area contributed by atoms with Gasteiger partial charge in [-0.2, -0.15) is 0 Å². The Morgan fingerprint density at radius 3 is 2.47 bits per heavy atom. The third-order valence-electron chi connectivity index (χ3n) is 4.97. The van der Waals surface area contributed by atoms with Crippen LogP contribution < -0.4 is 0 Å². The van der Waals surface area contributed by atoms with Gasteiger partial charge in [0.05, 0.1) is 6.10 Å². The van der Waals surface area contributed by atoms with Gasteiger partial charge in [0.1, 0.15) is 0 Å². The molecule has 15 heavy (non-hydrogen) atoms. The average Bonchev–Trinajstić information content (AvgIpc) is 2.70. The molecule has 3 rings (SSSR count). The van der Waals surface area contributed by atoms with Gasteiger partial charge in [0, 0.05) is 12.0 Å². The molecule has 1 heterocycles. The number of nitrogens with zero attached hydrogens (tertiary/aromatic N) is 1. The minimum absolute atomic E-state index is 0.0260. The topological polar surface area (TPSA) is 23.5 Å². The Morgan fingerprint density at radius 2 is 1.67 bits per heavy atom. The first-order valence-electron chi connectivity index (χ1n) is 6.78. The van der Waals surface area contributed by atoms with Gasteiger partial charge in [-0.15, -0.1) is 0 Å². The van der Waals surface area contributed by atoms with Crippen molar-refractivity contribution in [1.29, 1.82) is 0 Å². The molecule has 0 unspecified atom stereocenters. The number of hydrogen-bond donors (Lipinski definition) is 1. The molecular weight excluding hydrogens is 186 g/mol. The van der Waals surface area contributed by atoms with Crippen molar-refractivity contribution in [3.8, 4) is 0 Å². The highest BCUT2D eigenvalue weighted by Crippen LogP contribution is 2.42. The molecule has 2 saturated carbocycles. The molecule has 1 N–H and O–H groups in total. The van der Waals surface area contributed by atoms with Crippen LogP contribution in [0.25, 0.3) is 0 Å². The lowest BCUT2D eigenvalue weighted by Gasteiger charge is -2.47. The molecule has 2 heteroatoms. The maximum absolute atomic E-state index is 10.3. The first kappa shape index (κ1) is 10.1. The van der Waals surface area contributed by atoms with Gasteiger partial charge in [0.25, 0.3) is 0 Å².